The Kier molecular flexibility index (Phi) is 8.03. The van der Waals surface area contributed by atoms with Gasteiger partial charge in [-0.2, -0.15) is 0 Å². The average Bonchev–Trinajstić information content (AvgIpc) is 2.88. The van der Waals surface area contributed by atoms with Gasteiger partial charge in [-0.15, -0.1) is 0 Å². The molecule has 0 spiro atoms. The maximum absolute atomic E-state index is 13.6. The molecule has 3 aromatic rings. The van der Waals surface area contributed by atoms with Gasteiger partial charge in [-0.05, 0) is 66.9 Å². The monoisotopic (exact) mass is 462 g/mol. The molecule has 0 fully saturated rings. The number of carbonyl (C=O) groups excluding carboxylic acids is 1. The highest BCUT2D eigenvalue weighted by Crippen LogP contribution is 2.27. The number of nitrogens with zero attached hydrogens (tertiary/aromatic N) is 2. The maximum Gasteiger partial charge on any atom is 0.258 e. The van der Waals surface area contributed by atoms with Crippen molar-refractivity contribution in [3.8, 4) is 5.75 Å². The Morgan fingerprint density at radius 1 is 0.909 bits per heavy atom. The Hall–Kier alpha value is -2.82. The molecule has 0 unspecified atom stereocenters. The molecule has 1 aliphatic rings. The lowest BCUT2D eigenvalue weighted by molar-refractivity contribution is 0.0986. The average molecular weight is 463 g/mol. The summed E-state index contributed by atoms with van der Waals surface area (Å²) in [6.07, 6.45) is 4.41. The Morgan fingerprint density at radius 3 is 2.45 bits per heavy atom. The quantitative estimate of drug-likeness (QED) is 0.439. The molecule has 0 atom stereocenters. The van der Waals surface area contributed by atoms with E-state index in [4.69, 9.17) is 16.3 Å². The van der Waals surface area contributed by atoms with Crippen LogP contribution in [0.15, 0.2) is 72.8 Å². The number of ether oxygens (including phenoxy) is 1. The lowest BCUT2D eigenvalue weighted by Crippen LogP contribution is -2.33. The van der Waals surface area contributed by atoms with Crippen LogP contribution in [0.2, 0.25) is 5.02 Å². The van der Waals surface area contributed by atoms with Crippen LogP contribution in [0.1, 0.15) is 47.2 Å². The van der Waals surface area contributed by atoms with Gasteiger partial charge in [0, 0.05) is 35.9 Å². The van der Waals surface area contributed by atoms with E-state index in [1.54, 1.807) is 7.11 Å². The number of hydrogen-bond acceptors (Lipinski definition) is 3. The minimum atomic E-state index is 0.0184. The fourth-order valence-electron chi connectivity index (χ4n) is 4.41. The van der Waals surface area contributed by atoms with Crippen LogP contribution in [-0.4, -0.2) is 31.0 Å². The number of para-hydroxylation sites is 1. The number of fused-ring (bicyclic) bond motifs is 1. The van der Waals surface area contributed by atoms with Crippen LogP contribution in [0.3, 0.4) is 0 Å². The molecule has 0 aromatic heterocycles. The van der Waals surface area contributed by atoms with Crippen molar-refractivity contribution in [2.24, 2.45) is 0 Å². The molecule has 0 N–H and O–H groups in total. The summed E-state index contributed by atoms with van der Waals surface area (Å²) < 4.78 is 5.35. The summed E-state index contributed by atoms with van der Waals surface area (Å²) in [5.41, 5.74) is 4.06. The van der Waals surface area contributed by atoms with Crippen LogP contribution in [0.25, 0.3) is 0 Å². The van der Waals surface area contributed by atoms with Crippen LogP contribution < -0.4 is 9.64 Å². The van der Waals surface area contributed by atoms with Crippen molar-refractivity contribution in [2.75, 3.05) is 25.1 Å². The standard InChI is InChI=1S/C28H31ClN2O2/c1-33-26-11-8-10-23(19-26)28(32)31-18-7-3-2-6-17-30(20-22-13-15-25(29)16-14-22)21-24-9-4-5-12-27(24)31/h4-5,8-16,19H,2-3,6-7,17-18,20-21H2,1H3. The zero-order valence-electron chi connectivity index (χ0n) is 19.2. The van der Waals surface area contributed by atoms with E-state index in [1.165, 1.54) is 11.1 Å². The number of hydrogen-bond donors (Lipinski definition) is 0. The first-order valence-electron chi connectivity index (χ1n) is 11.6. The van der Waals surface area contributed by atoms with Gasteiger partial charge in [-0.25, -0.2) is 0 Å². The molecule has 4 rings (SSSR count). The van der Waals surface area contributed by atoms with Crippen LogP contribution in [0.4, 0.5) is 5.69 Å². The van der Waals surface area contributed by atoms with Crippen LogP contribution >= 0.6 is 11.6 Å². The first-order chi connectivity index (χ1) is 16.1. The number of benzene rings is 3. The van der Waals surface area contributed by atoms with Crippen molar-refractivity contribution in [1.82, 2.24) is 4.90 Å². The summed E-state index contributed by atoms with van der Waals surface area (Å²) >= 11 is 6.08. The SMILES string of the molecule is COc1cccc(C(=O)N2CCCCCCN(Cc3ccc(Cl)cc3)Cc3ccccc32)c1. The second-order valence-corrected chi connectivity index (χ2v) is 9.01. The van der Waals surface area contributed by atoms with Crippen molar-refractivity contribution >= 4 is 23.2 Å². The molecule has 0 saturated carbocycles. The smallest absolute Gasteiger partial charge is 0.258 e. The van der Waals surface area contributed by atoms with E-state index in [-0.39, 0.29) is 5.91 Å². The number of carbonyl (C=O) groups is 1. The van der Waals surface area contributed by atoms with Crippen molar-refractivity contribution in [3.63, 3.8) is 0 Å². The van der Waals surface area contributed by atoms with Crippen molar-refractivity contribution in [2.45, 2.75) is 38.8 Å². The van der Waals surface area contributed by atoms with Crippen molar-refractivity contribution in [3.05, 3.63) is 94.5 Å². The van der Waals surface area contributed by atoms with Crippen molar-refractivity contribution < 1.29 is 9.53 Å². The first kappa shape index (κ1) is 23.3. The van der Waals surface area contributed by atoms with Crippen molar-refractivity contribution in [1.29, 1.82) is 0 Å². The molecule has 33 heavy (non-hydrogen) atoms. The first-order valence-corrected chi connectivity index (χ1v) is 12.0. The van der Waals surface area contributed by atoms with Gasteiger partial charge in [0.25, 0.3) is 5.91 Å². The van der Waals surface area contributed by atoms with E-state index < -0.39 is 0 Å². The highest BCUT2D eigenvalue weighted by atomic mass is 35.5. The summed E-state index contributed by atoms with van der Waals surface area (Å²) in [4.78, 5) is 18.1. The third kappa shape index (κ3) is 6.16. The van der Waals surface area contributed by atoms with Gasteiger partial charge in [-0.1, -0.05) is 60.8 Å². The van der Waals surface area contributed by atoms with Gasteiger partial charge < -0.3 is 9.64 Å². The van der Waals surface area contributed by atoms with E-state index in [0.717, 1.165) is 56.0 Å². The van der Waals surface area contributed by atoms with E-state index in [0.29, 0.717) is 17.9 Å². The Morgan fingerprint density at radius 2 is 1.67 bits per heavy atom. The van der Waals surface area contributed by atoms with Gasteiger partial charge in [0.15, 0.2) is 0 Å². The summed E-state index contributed by atoms with van der Waals surface area (Å²) in [5.74, 6) is 0.714. The third-order valence-electron chi connectivity index (χ3n) is 6.16. The summed E-state index contributed by atoms with van der Waals surface area (Å²) in [7, 11) is 1.63. The number of halogens is 1. The lowest BCUT2D eigenvalue weighted by Gasteiger charge is -2.28. The molecule has 0 bridgehead atoms. The maximum atomic E-state index is 13.6. The molecule has 0 radical (unpaired) electrons. The second kappa shape index (κ2) is 11.4. The van der Waals surface area contributed by atoms with Gasteiger partial charge in [-0.3, -0.25) is 9.69 Å². The minimum Gasteiger partial charge on any atom is -0.497 e. The highest BCUT2D eigenvalue weighted by Gasteiger charge is 2.22. The highest BCUT2D eigenvalue weighted by molar-refractivity contribution is 6.30. The fourth-order valence-corrected chi connectivity index (χ4v) is 4.54. The predicted octanol–water partition coefficient (Wildman–Crippen LogP) is 6.57. The Labute approximate surface area is 201 Å². The molecule has 4 nitrogen and oxygen atoms in total. The van der Waals surface area contributed by atoms with E-state index in [1.807, 2.05) is 47.4 Å². The molecule has 172 valence electrons. The number of rotatable bonds is 4. The Bertz CT molecular complexity index is 1070. The van der Waals surface area contributed by atoms with Gasteiger partial charge in [0.2, 0.25) is 0 Å². The number of methoxy groups -OCH3 is 1. The lowest BCUT2D eigenvalue weighted by atomic mass is 10.1. The van der Waals surface area contributed by atoms with Gasteiger partial charge in [0.05, 0.1) is 7.11 Å². The zero-order chi connectivity index (χ0) is 23.0. The topological polar surface area (TPSA) is 32.8 Å². The Balaban J connectivity index is 1.64. The minimum absolute atomic E-state index is 0.0184. The largest absolute Gasteiger partial charge is 0.497 e. The number of anilines is 1. The molecule has 1 heterocycles. The van der Waals surface area contributed by atoms with Crippen LogP contribution in [0.5, 0.6) is 5.75 Å². The van der Waals surface area contributed by atoms with Gasteiger partial charge >= 0.3 is 0 Å². The molecule has 0 aliphatic carbocycles. The molecular formula is C28H31ClN2O2. The normalized spacial score (nSPS) is 15.4. The van der Waals surface area contributed by atoms with Gasteiger partial charge in [0.1, 0.15) is 5.75 Å². The van der Waals surface area contributed by atoms with E-state index in [2.05, 4.69) is 35.2 Å². The van der Waals surface area contributed by atoms with E-state index >= 15 is 0 Å². The zero-order valence-corrected chi connectivity index (χ0v) is 19.9. The molecule has 1 amide bonds. The molecular weight excluding hydrogens is 432 g/mol. The molecule has 5 heteroatoms. The van der Waals surface area contributed by atoms with Crippen LogP contribution in [-0.2, 0) is 13.1 Å². The fraction of sp³-hybridized carbons (Fsp3) is 0.321. The summed E-state index contributed by atoms with van der Waals surface area (Å²) in [5, 5.41) is 0.758. The summed E-state index contributed by atoms with van der Waals surface area (Å²) in [6.45, 7) is 3.39. The molecule has 3 aromatic carbocycles. The predicted molar refractivity (Wildman–Crippen MR) is 135 cm³/mol. The molecule has 0 saturated heterocycles. The third-order valence-corrected chi connectivity index (χ3v) is 6.42. The molecule has 1 aliphatic heterocycles. The second-order valence-electron chi connectivity index (χ2n) is 8.57. The van der Waals surface area contributed by atoms with Crippen LogP contribution in [0, 0.1) is 0 Å². The number of amides is 1. The summed E-state index contributed by atoms with van der Waals surface area (Å²) in [6, 6.07) is 23.8. The van der Waals surface area contributed by atoms with E-state index in [9.17, 15) is 4.79 Å².